The van der Waals surface area contributed by atoms with Crippen LogP contribution in [0, 0.1) is 10.1 Å². The second kappa shape index (κ2) is 4.51. The van der Waals surface area contributed by atoms with Gasteiger partial charge in [0.15, 0.2) is 0 Å². The fourth-order valence-electron chi connectivity index (χ4n) is 1.13. The zero-order chi connectivity index (χ0) is 11.5. The molecule has 0 bridgehead atoms. The third-order valence-corrected chi connectivity index (χ3v) is 2.91. The van der Waals surface area contributed by atoms with Crippen molar-refractivity contribution in [2.24, 2.45) is 0 Å². The van der Waals surface area contributed by atoms with Crippen molar-refractivity contribution in [2.45, 2.75) is 0 Å². The lowest BCUT2D eigenvalue weighted by atomic mass is 10.3. The maximum atomic E-state index is 10.6. The molecule has 1 aromatic carbocycles. The van der Waals surface area contributed by atoms with Gasteiger partial charge in [-0.05, 0) is 30.3 Å². The molecule has 0 radical (unpaired) electrons. The standard InChI is InChI=1S/C10H6ClNO3S/c11-7-1-3-8(4-2-7)15-9-5-6-16-10(9)12(13)14/h1-6H. The SMILES string of the molecule is O=[N+]([O-])c1sccc1Oc1ccc(Cl)cc1. The highest BCUT2D eigenvalue weighted by molar-refractivity contribution is 7.13. The minimum absolute atomic E-state index is 0.00468. The Balaban J connectivity index is 2.23. The summed E-state index contributed by atoms with van der Waals surface area (Å²) in [5.41, 5.74) is 0. The van der Waals surface area contributed by atoms with Crippen LogP contribution in [0.25, 0.3) is 0 Å². The fraction of sp³-hybridized carbons (Fsp3) is 0. The molecule has 0 saturated heterocycles. The number of nitrogens with zero attached hydrogens (tertiary/aromatic N) is 1. The zero-order valence-corrected chi connectivity index (χ0v) is 9.49. The second-order valence-corrected chi connectivity index (χ2v) is 4.23. The van der Waals surface area contributed by atoms with E-state index in [1.165, 1.54) is 0 Å². The molecule has 0 aliphatic rings. The summed E-state index contributed by atoms with van der Waals surface area (Å²) >= 11 is 6.74. The number of nitro groups is 1. The van der Waals surface area contributed by atoms with Crippen LogP contribution in [0.3, 0.4) is 0 Å². The third kappa shape index (κ3) is 2.32. The summed E-state index contributed by atoms with van der Waals surface area (Å²) in [6.45, 7) is 0. The van der Waals surface area contributed by atoms with E-state index < -0.39 is 4.92 Å². The highest BCUT2D eigenvalue weighted by atomic mass is 35.5. The average molecular weight is 256 g/mol. The maximum Gasteiger partial charge on any atom is 0.366 e. The van der Waals surface area contributed by atoms with Crippen LogP contribution >= 0.6 is 22.9 Å². The van der Waals surface area contributed by atoms with E-state index >= 15 is 0 Å². The predicted octanol–water partition coefficient (Wildman–Crippen LogP) is 4.10. The van der Waals surface area contributed by atoms with Gasteiger partial charge >= 0.3 is 5.00 Å². The van der Waals surface area contributed by atoms with Gasteiger partial charge in [-0.15, -0.1) is 0 Å². The van der Waals surface area contributed by atoms with Crippen LogP contribution in [-0.4, -0.2) is 4.92 Å². The number of halogens is 1. The maximum absolute atomic E-state index is 10.6. The molecule has 16 heavy (non-hydrogen) atoms. The van der Waals surface area contributed by atoms with Gasteiger partial charge in [0.1, 0.15) is 5.75 Å². The molecule has 0 atom stereocenters. The smallest absolute Gasteiger partial charge is 0.366 e. The molecule has 4 nitrogen and oxygen atoms in total. The topological polar surface area (TPSA) is 52.4 Å². The monoisotopic (exact) mass is 255 g/mol. The Morgan fingerprint density at radius 3 is 2.56 bits per heavy atom. The summed E-state index contributed by atoms with van der Waals surface area (Å²) < 4.78 is 5.38. The Labute approximate surface area is 100 Å². The molecule has 1 aromatic heterocycles. The minimum Gasteiger partial charge on any atom is -0.449 e. The molecule has 0 amide bonds. The van der Waals surface area contributed by atoms with Crippen molar-refractivity contribution < 1.29 is 9.66 Å². The van der Waals surface area contributed by atoms with E-state index in [-0.39, 0.29) is 10.8 Å². The molecule has 2 aromatic rings. The highest BCUT2D eigenvalue weighted by Gasteiger charge is 2.17. The van der Waals surface area contributed by atoms with Crippen molar-refractivity contribution in [3.05, 3.63) is 50.8 Å². The van der Waals surface area contributed by atoms with E-state index in [1.807, 2.05) is 0 Å². The number of ether oxygens (including phenoxy) is 1. The molecule has 0 unspecified atom stereocenters. The summed E-state index contributed by atoms with van der Waals surface area (Å²) in [4.78, 5) is 10.2. The molecular formula is C10H6ClNO3S. The molecule has 0 saturated carbocycles. The summed E-state index contributed by atoms with van der Waals surface area (Å²) in [6.07, 6.45) is 0. The number of rotatable bonds is 3. The first kappa shape index (κ1) is 10.9. The van der Waals surface area contributed by atoms with E-state index in [9.17, 15) is 10.1 Å². The molecule has 0 aliphatic carbocycles. The zero-order valence-electron chi connectivity index (χ0n) is 7.92. The molecule has 6 heteroatoms. The van der Waals surface area contributed by atoms with E-state index in [2.05, 4.69) is 0 Å². The lowest BCUT2D eigenvalue weighted by molar-refractivity contribution is -0.380. The van der Waals surface area contributed by atoms with Crippen LogP contribution in [0.5, 0.6) is 11.5 Å². The normalized spacial score (nSPS) is 10.1. The van der Waals surface area contributed by atoms with Gasteiger partial charge in [0.25, 0.3) is 0 Å². The second-order valence-electron chi connectivity index (χ2n) is 2.90. The van der Waals surface area contributed by atoms with Gasteiger partial charge in [-0.3, -0.25) is 10.1 Å². The van der Waals surface area contributed by atoms with Gasteiger partial charge < -0.3 is 4.74 Å². The first-order chi connectivity index (χ1) is 7.66. The van der Waals surface area contributed by atoms with Crippen LogP contribution in [0.2, 0.25) is 5.02 Å². The molecule has 2 rings (SSSR count). The average Bonchev–Trinajstić information content (AvgIpc) is 2.69. The first-order valence-electron chi connectivity index (χ1n) is 4.32. The Kier molecular flexibility index (Phi) is 3.07. The quantitative estimate of drug-likeness (QED) is 0.613. The van der Waals surface area contributed by atoms with Crippen molar-refractivity contribution in [1.82, 2.24) is 0 Å². The predicted molar refractivity (Wildman–Crippen MR) is 62.5 cm³/mol. The van der Waals surface area contributed by atoms with Gasteiger partial charge in [-0.2, -0.15) is 0 Å². The van der Waals surface area contributed by atoms with Crippen LogP contribution in [0.1, 0.15) is 0 Å². The van der Waals surface area contributed by atoms with E-state index in [0.717, 1.165) is 11.3 Å². The summed E-state index contributed by atoms with van der Waals surface area (Å²) in [5, 5.41) is 12.8. The van der Waals surface area contributed by atoms with E-state index in [0.29, 0.717) is 10.8 Å². The molecular weight excluding hydrogens is 250 g/mol. The van der Waals surface area contributed by atoms with Crippen molar-refractivity contribution >= 4 is 27.9 Å². The summed E-state index contributed by atoms with van der Waals surface area (Å²) in [6, 6.07) is 8.20. The van der Waals surface area contributed by atoms with Crippen LogP contribution in [0.4, 0.5) is 5.00 Å². The molecule has 0 fully saturated rings. The Bertz CT molecular complexity index is 509. The van der Waals surface area contributed by atoms with Crippen molar-refractivity contribution in [3.63, 3.8) is 0 Å². The number of hydrogen-bond acceptors (Lipinski definition) is 4. The molecule has 0 spiro atoms. The van der Waals surface area contributed by atoms with Crippen LogP contribution < -0.4 is 4.74 Å². The third-order valence-electron chi connectivity index (χ3n) is 1.82. The molecule has 1 heterocycles. The Morgan fingerprint density at radius 1 is 1.25 bits per heavy atom. The molecule has 0 N–H and O–H groups in total. The van der Waals surface area contributed by atoms with Gasteiger partial charge in [0.2, 0.25) is 5.75 Å². The minimum atomic E-state index is -0.462. The lowest BCUT2D eigenvalue weighted by Crippen LogP contribution is -1.88. The number of hydrogen-bond donors (Lipinski definition) is 0. The largest absolute Gasteiger partial charge is 0.449 e. The van der Waals surface area contributed by atoms with Crippen molar-refractivity contribution in [3.8, 4) is 11.5 Å². The summed E-state index contributed by atoms with van der Waals surface area (Å²) in [5.74, 6) is 0.767. The number of benzene rings is 1. The summed E-state index contributed by atoms with van der Waals surface area (Å²) in [7, 11) is 0. The van der Waals surface area contributed by atoms with E-state index in [4.69, 9.17) is 16.3 Å². The van der Waals surface area contributed by atoms with Gasteiger partial charge in [-0.1, -0.05) is 22.9 Å². The lowest BCUT2D eigenvalue weighted by Gasteiger charge is -2.02. The molecule has 82 valence electrons. The van der Waals surface area contributed by atoms with Gasteiger partial charge in [0, 0.05) is 10.4 Å². The molecule has 0 aliphatic heterocycles. The Morgan fingerprint density at radius 2 is 1.94 bits per heavy atom. The van der Waals surface area contributed by atoms with Crippen molar-refractivity contribution in [2.75, 3.05) is 0 Å². The van der Waals surface area contributed by atoms with E-state index in [1.54, 1.807) is 35.7 Å². The van der Waals surface area contributed by atoms with Gasteiger partial charge in [0.05, 0.1) is 4.92 Å². The van der Waals surface area contributed by atoms with Gasteiger partial charge in [-0.25, -0.2) is 0 Å². The van der Waals surface area contributed by atoms with Crippen LogP contribution in [-0.2, 0) is 0 Å². The van der Waals surface area contributed by atoms with Crippen LogP contribution in [0.15, 0.2) is 35.7 Å². The first-order valence-corrected chi connectivity index (χ1v) is 5.58. The Hall–Kier alpha value is -1.59. The number of thiophene rings is 1. The highest BCUT2D eigenvalue weighted by Crippen LogP contribution is 2.36. The van der Waals surface area contributed by atoms with Crippen molar-refractivity contribution in [1.29, 1.82) is 0 Å². The fourth-order valence-corrected chi connectivity index (χ4v) is 1.89.